The molecule has 2 rings (SSSR count). The molecule has 3 nitrogen and oxygen atoms in total. The Morgan fingerprint density at radius 2 is 1.88 bits per heavy atom. The summed E-state index contributed by atoms with van der Waals surface area (Å²) in [5.74, 6) is -0.0268. The van der Waals surface area contributed by atoms with Gasteiger partial charge in [0, 0.05) is 7.11 Å². The molecule has 0 saturated heterocycles. The SMILES string of the molecule is COC1(c2nc(C)c(F)c(Cl)n2)CCCCC1. The number of ether oxygens (including phenoxy) is 1. The first-order valence-electron chi connectivity index (χ1n) is 5.84. The fourth-order valence-electron chi connectivity index (χ4n) is 2.37. The highest BCUT2D eigenvalue weighted by Gasteiger charge is 2.37. The third-order valence-electron chi connectivity index (χ3n) is 3.44. The maximum atomic E-state index is 13.4. The van der Waals surface area contributed by atoms with Crippen LogP contribution >= 0.6 is 11.6 Å². The molecule has 1 aliphatic rings. The first-order valence-corrected chi connectivity index (χ1v) is 6.22. The smallest absolute Gasteiger partial charge is 0.181 e. The first kappa shape index (κ1) is 12.7. The zero-order valence-electron chi connectivity index (χ0n) is 10.1. The van der Waals surface area contributed by atoms with Crippen LogP contribution < -0.4 is 0 Å². The number of hydrogen-bond acceptors (Lipinski definition) is 3. The van der Waals surface area contributed by atoms with E-state index in [-0.39, 0.29) is 10.8 Å². The summed E-state index contributed by atoms with van der Waals surface area (Å²) < 4.78 is 19.0. The van der Waals surface area contributed by atoms with Crippen LogP contribution in [0.3, 0.4) is 0 Å². The molecule has 0 spiro atoms. The van der Waals surface area contributed by atoms with E-state index in [1.165, 1.54) is 6.42 Å². The minimum Gasteiger partial charge on any atom is -0.370 e. The van der Waals surface area contributed by atoms with Gasteiger partial charge in [0.1, 0.15) is 5.60 Å². The number of nitrogens with zero attached hydrogens (tertiary/aromatic N) is 2. The molecule has 1 aliphatic carbocycles. The Morgan fingerprint density at radius 3 is 2.41 bits per heavy atom. The van der Waals surface area contributed by atoms with E-state index >= 15 is 0 Å². The molecule has 0 N–H and O–H groups in total. The summed E-state index contributed by atoms with van der Waals surface area (Å²) in [5.41, 5.74) is -0.206. The van der Waals surface area contributed by atoms with Crippen molar-refractivity contribution >= 4 is 11.6 Å². The summed E-state index contributed by atoms with van der Waals surface area (Å²) in [6, 6.07) is 0. The van der Waals surface area contributed by atoms with Crippen molar-refractivity contribution in [3.8, 4) is 0 Å². The van der Waals surface area contributed by atoms with Gasteiger partial charge >= 0.3 is 0 Å². The van der Waals surface area contributed by atoms with Crippen LogP contribution in [0.1, 0.15) is 43.6 Å². The van der Waals surface area contributed by atoms with Crippen LogP contribution in [0.4, 0.5) is 4.39 Å². The standard InChI is InChI=1S/C12H16ClFN2O/c1-8-9(14)10(13)16-11(15-8)12(17-2)6-4-3-5-7-12/h3-7H2,1-2H3. The molecular weight excluding hydrogens is 243 g/mol. The molecule has 0 aromatic carbocycles. The lowest BCUT2D eigenvalue weighted by atomic mass is 9.84. The molecule has 1 fully saturated rings. The Labute approximate surface area is 105 Å². The third-order valence-corrected chi connectivity index (χ3v) is 3.69. The zero-order chi connectivity index (χ0) is 12.5. The second-order valence-corrected chi connectivity index (χ2v) is 4.85. The highest BCUT2D eigenvalue weighted by Crippen LogP contribution is 2.38. The molecule has 0 radical (unpaired) electrons. The number of methoxy groups -OCH3 is 1. The van der Waals surface area contributed by atoms with Gasteiger partial charge in [-0.3, -0.25) is 0 Å². The molecule has 17 heavy (non-hydrogen) atoms. The van der Waals surface area contributed by atoms with E-state index in [4.69, 9.17) is 16.3 Å². The average Bonchev–Trinajstić information content (AvgIpc) is 2.36. The number of rotatable bonds is 2. The Kier molecular flexibility index (Phi) is 3.64. The number of aromatic nitrogens is 2. The highest BCUT2D eigenvalue weighted by molar-refractivity contribution is 6.29. The fraction of sp³-hybridized carbons (Fsp3) is 0.667. The molecule has 1 heterocycles. The molecule has 1 aromatic heterocycles. The van der Waals surface area contributed by atoms with Gasteiger partial charge in [0.25, 0.3) is 0 Å². The maximum Gasteiger partial charge on any atom is 0.181 e. The molecule has 1 aromatic rings. The quantitative estimate of drug-likeness (QED) is 0.763. The summed E-state index contributed by atoms with van der Waals surface area (Å²) in [7, 11) is 1.65. The molecule has 0 amide bonds. The summed E-state index contributed by atoms with van der Waals surface area (Å²) in [6.07, 6.45) is 5.07. The lowest BCUT2D eigenvalue weighted by Gasteiger charge is -2.34. The van der Waals surface area contributed by atoms with Crippen LogP contribution in [0.5, 0.6) is 0 Å². The molecule has 0 atom stereocenters. The number of hydrogen-bond donors (Lipinski definition) is 0. The zero-order valence-corrected chi connectivity index (χ0v) is 10.9. The van der Waals surface area contributed by atoms with E-state index < -0.39 is 11.4 Å². The van der Waals surface area contributed by atoms with Gasteiger partial charge in [-0.1, -0.05) is 30.9 Å². The van der Waals surface area contributed by atoms with Gasteiger partial charge in [-0.2, -0.15) is 0 Å². The molecule has 5 heteroatoms. The molecular formula is C12H16ClFN2O. The summed E-state index contributed by atoms with van der Waals surface area (Å²) in [6.45, 7) is 1.60. The van der Waals surface area contributed by atoms with Crippen LogP contribution in [-0.4, -0.2) is 17.1 Å². The van der Waals surface area contributed by atoms with Gasteiger partial charge in [-0.25, -0.2) is 14.4 Å². The van der Waals surface area contributed by atoms with Crippen LogP contribution in [0.2, 0.25) is 5.15 Å². The van der Waals surface area contributed by atoms with E-state index in [1.807, 2.05) is 0 Å². The van der Waals surface area contributed by atoms with Crippen LogP contribution in [0.25, 0.3) is 0 Å². The average molecular weight is 259 g/mol. The van der Waals surface area contributed by atoms with Crippen molar-refractivity contribution in [1.29, 1.82) is 0 Å². The van der Waals surface area contributed by atoms with Gasteiger partial charge in [0.15, 0.2) is 16.8 Å². The predicted molar refractivity (Wildman–Crippen MR) is 63.5 cm³/mol. The van der Waals surface area contributed by atoms with Gasteiger partial charge < -0.3 is 4.74 Å². The van der Waals surface area contributed by atoms with Crippen molar-refractivity contribution in [2.24, 2.45) is 0 Å². The predicted octanol–water partition coefficient (Wildman–Crippen LogP) is 3.38. The monoisotopic (exact) mass is 258 g/mol. The van der Waals surface area contributed by atoms with E-state index in [1.54, 1.807) is 14.0 Å². The van der Waals surface area contributed by atoms with Crippen molar-refractivity contribution < 1.29 is 9.13 Å². The highest BCUT2D eigenvalue weighted by atomic mass is 35.5. The second-order valence-electron chi connectivity index (χ2n) is 4.50. The van der Waals surface area contributed by atoms with Gasteiger partial charge in [0.2, 0.25) is 0 Å². The Balaban J connectivity index is 2.43. The Bertz CT molecular complexity index is 396. The van der Waals surface area contributed by atoms with Crippen molar-refractivity contribution in [2.45, 2.75) is 44.6 Å². The summed E-state index contributed by atoms with van der Waals surface area (Å²) in [4.78, 5) is 8.26. The lowest BCUT2D eigenvalue weighted by molar-refractivity contribution is -0.0517. The fourth-order valence-corrected chi connectivity index (χ4v) is 2.59. The van der Waals surface area contributed by atoms with Crippen molar-refractivity contribution in [3.05, 3.63) is 22.5 Å². The second kappa shape index (κ2) is 4.86. The molecule has 0 unspecified atom stereocenters. The van der Waals surface area contributed by atoms with Crippen LogP contribution in [0.15, 0.2) is 0 Å². The number of aryl methyl sites for hydroxylation is 1. The van der Waals surface area contributed by atoms with E-state index in [0.717, 1.165) is 25.7 Å². The normalized spacial score (nSPS) is 19.3. The Hall–Kier alpha value is -0.740. The maximum absolute atomic E-state index is 13.4. The summed E-state index contributed by atoms with van der Waals surface area (Å²) >= 11 is 5.78. The molecule has 1 saturated carbocycles. The van der Waals surface area contributed by atoms with Crippen LogP contribution in [0, 0.1) is 12.7 Å². The van der Waals surface area contributed by atoms with Gasteiger partial charge in [-0.15, -0.1) is 0 Å². The lowest BCUT2D eigenvalue weighted by Crippen LogP contribution is -2.33. The van der Waals surface area contributed by atoms with E-state index in [9.17, 15) is 4.39 Å². The van der Waals surface area contributed by atoms with Gasteiger partial charge in [0.05, 0.1) is 5.69 Å². The van der Waals surface area contributed by atoms with Crippen molar-refractivity contribution in [2.75, 3.05) is 7.11 Å². The largest absolute Gasteiger partial charge is 0.370 e. The summed E-state index contributed by atoms with van der Waals surface area (Å²) in [5, 5.41) is -0.116. The van der Waals surface area contributed by atoms with Crippen LogP contribution in [-0.2, 0) is 10.3 Å². The van der Waals surface area contributed by atoms with Gasteiger partial charge in [-0.05, 0) is 19.8 Å². The molecule has 0 aliphatic heterocycles. The van der Waals surface area contributed by atoms with E-state index in [2.05, 4.69) is 9.97 Å². The molecule has 0 bridgehead atoms. The third kappa shape index (κ3) is 2.29. The number of halogens is 2. The van der Waals surface area contributed by atoms with E-state index in [0.29, 0.717) is 5.82 Å². The molecule has 94 valence electrons. The minimum atomic E-state index is -0.544. The van der Waals surface area contributed by atoms with Crippen molar-refractivity contribution in [1.82, 2.24) is 9.97 Å². The minimum absolute atomic E-state index is 0.116. The topological polar surface area (TPSA) is 35.0 Å². The first-order chi connectivity index (χ1) is 8.09. The Morgan fingerprint density at radius 1 is 1.24 bits per heavy atom. The van der Waals surface area contributed by atoms with Crippen molar-refractivity contribution in [3.63, 3.8) is 0 Å².